The monoisotopic (exact) mass is 237 g/mol. The van der Waals surface area contributed by atoms with Crippen LogP contribution in [0.15, 0.2) is 36.4 Å². The van der Waals surface area contributed by atoms with Crippen LogP contribution in [0.3, 0.4) is 0 Å². The molecule has 0 amide bonds. The van der Waals surface area contributed by atoms with Gasteiger partial charge in [-0.1, -0.05) is 42.8 Å². The van der Waals surface area contributed by atoms with Crippen molar-refractivity contribution < 1.29 is 0 Å². The van der Waals surface area contributed by atoms with Crippen LogP contribution in [0.25, 0.3) is 0 Å². The molecule has 0 atom stereocenters. The van der Waals surface area contributed by atoms with Gasteiger partial charge in [-0.15, -0.1) is 0 Å². The molecule has 0 unspecified atom stereocenters. The zero-order valence-corrected chi connectivity index (χ0v) is 10.6. The molecule has 2 heteroatoms. The van der Waals surface area contributed by atoms with Crippen molar-refractivity contribution in [1.82, 2.24) is 5.32 Å². The number of benzene rings is 1. The van der Waals surface area contributed by atoms with Gasteiger partial charge < -0.3 is 5.32 Å². The summed E-state index contributed by atoms with van der Waals surface area (Å²) >= 11 is 5.82. The molecule has 1 N–H and O–H groups in total. The molecule has 0 spiro atoms. The molecule has 0 bridgehead atoms. The Bertz CT molecular complexity index is 303. The fourth-order valence-corrected chi connectivity index (χ4v) is 1.57. The van der Waals surface area contributed by atoms with Crippen molar-refractivity contribution in [2.75, 3.05) is 13.1 Å². The van der Waals surface area contributed by atoms with E-state index < -0.39 is 0 Å². The number of nitrogens with one attached hydrogen (secondary N) is 1. The fraction of sp³-hybridized carbons (Fsp3) is 0.429. The quantitative estimate of drug-likeness (QED) is 0.562. The van der Waals surface area contributed by atoms with Crippen LogP contribution >= 0.6 is 11.6 Å². The summed E-state index contributed by atoms with van der Waals surface area (Å²) in [5.74, 6) is 0. The van der Waals surface area contributed by atoms with Crippen LogP contribution in [0.2, 0.25) is 5.02 Å². The molecular formula is C14H20ClN. The highest BCUT2D eigenvalue weighted by atomic mass is 35.5. The van der Waals surface area contributed by atoms with Gasteiger partial charge in [0.1, 0.15) is 0 Å². The Morgan fingerprint density at radius 1 is 1.12 bits per heavy atom. The van der Waals surface area contributed by atoms with Crippen LogP contribution < -0.4 is 5.32 Å². The molecular weight excluding hydrogens is 218 g/mol. The minimum absolute atomic E-state index is 0.802. The first-order chi connectivity index (χ1) is 7.83. The van der Waals surface area contributed by atoms with Gasteiger partial charge in [-0.2, -0.15) is 0 Å². The number of hydrogen-bond acceptors (Lipinski definition) is 1. The molecule has 0 aliphatic rings. The maximum atomic E-state index is 5.82. The maximum Gasteiger partial charge on any atom is 0.0406 e. The Labute approximate surface area is 104 Å². The smallest absolute Gasteiger partial charge is 0.0406 e. The Balaban J connectivity index is 2.14. The third-order valence-electron chi connectivity index (χ3n) is 2.35. The highest BCUT2D eigenvalue weighted by Gasteiger charge is 1.89. The van der Waals surface area contributed by atoms with Gasteiger partial charge in [0.25, 0.3) is 0 Å². The largest absolute Gasteiger partial charge is 0.316 e. The van der Waals surface area contributed by atoms with E-state index in [1.165, 1.54) is 12.0 Å². The highest BCUT2D eigenvalue weighted by Crippen LogP contribution is 2.10. The molecule has 0 saturated carbocycles. The highest BCUT2D eigenvalue weighted by molar-refractivity contribution is 6.30. The molecule has 16 heavy (non-hydrogen) atoms. The molecule has 1 nitrogen and oxygen atoms in total. The zero-order chi connectivity index (χ0) is 11.6. The second kappa shape index (κ2) is 8.37. The lowest BCUT2D eigenvalue weighted by molar-refractivity contribution is 0.678. The molecule has 1 rings (SSSR count). The third kappa shape index (κ3) is 5.94. The topological polar surface area (TPSA) is 12.0 Å². The van der Waals surface area contributed by atoms with Crippen LogP contribution in [0.5, 0.6) is 0 Å². The predicted molar refractivity (Wildman–Crippen MR) is 72.1 cm³/mol. The number of halogens is 1. The van der Waals surface area contributed by atoms with Crippen molar-refractivity contribution in [3.8, 4) is 0 Å². The lowest BCUT2D eigenvalue weighted by atomic mass is 10.1. The Morgan fingerprint density at radius 2 is 1.88 bits per heavy atom. The first-order valence-electron chi connectivity index (χ1n) is 5.93. The third-order valence-corrected chi connectivity index (χ3v) is 2.60. The Hall–Kier alpha value is -0.790. The minimum Gasteiger partial charge on any atom is -0.316 e. The van der Waals surface area contributed by atoms with E-state index in [1.54, 1.807) is 0 Å². The van der Waals surface area contributed by atoms with Gasteiger partial charge in [-0.3, -0.25) is 0 Å². The van der Waals surface area contributed by atoms with E-state index in [9.17, 15) is 0 Å². The first-order valence-corrected chi connectivity index (χ1v) is 6.31. The van der Waals surface area contributed by atoms with E-state index in [-0.39, 0.29) is 0 Å². The van der Waals surface area contributed by atoms with E-state index in [2.05, 4.69) is 36.5 Å². The fourth-order valence-electron chi connectivity index (χ4n) is 1.44. The summed E-state index contributed by atoms with van der Waals surface area (Å²) < 4.78 is 0. The molecule has 0 aromatic heterocycles. The summed E-state index contributed by atoms with van der Waals surface area (Å²) in [6, 6.07) is 8.02. The van der Waals surface area contributed by atoms with Crippen LogP contribution in [0.4, 0.5) is 0 Å². The van der Waals surface area contributed by atoms with Gasteiger partial charge in [-0.05, 0) is 50.0 Å². The van der Waals surface area contributed by atoms with E-state index in [0.717, 1.165) is 31.0 Å². The van der Waals surface area contributed by atoms with Crippen molar-refractivity contribution in [1.29, 1.82) is 0 Å². The van der Waals surface area contributed by atoms with Gasteiger partial charge in [-0.25, -0.2) is 0 Å². The Kier molecular flexibility index (Phi) is 6.95. The van der Waals surface area contributed by atoms with Crippen molar-refractivity contribution in [3.63, 3.8) is 0 Å². The standard InChI is InChI=1S/C14H20ClN/c1-2-11-16-12-5-3-4-6-13-7-9-14(15)10-8-13/h3-4,7-10,16H,2,5-6,11-12H2,1H3. The average molecular weight is 238 g/mol. The van der Waals surface area contributed by atoms with Crippen molar-refractivity contribution in [2.45, 2.75) is 26.2 Å². The number of rotatable bonds is 7. The lowest BCUT2D eigenvalue weighted by Crippen LogP contribution is -2.14. The molecule has 1 aromatic rings. The molecule has 0 heterocycles. The van der Waals surface area contributed by atoms with E-state index >= 15 is 0 Å². The molecule has 1 aromatic carbocycles. The normalized spacial score (nSPS) is 11.1. The van der Waals surface area contributed by atoms with Crippen LogP contribution in [-0.2, 0) is 6.42 Å². The summed E-state index contributed by atoms with van der Waals surface area (Å²) in [6.45, 7) is 4.37. The second-order valence-electron chi connectivity index (χ2n) is 3.84. The van der Waals surface area contributed by atoms with E-state index in [1.807, 2.05) is 12.1 Å². The van der Waals surface area contributed by atoms with Crippen molar-refractivity contribution >= 4 is 11.6 Å². The van der Waals surface area contributed by atoms with E-state index in [0.29, 0.717) is 0 Å². The Morgan fingerprint density at radius 3 is 2.56 bits per heavy atom. The summed E-state index contributed by atoms with van der Waals surface area (Å²) in [7, 11) is 0. The van der Waals surface area contributed by atoms with Crippen molar-refractivity contribution in [3.05, 3.63) is 47.0 Å². The van der Waals surface area contributed by atoms with Crippen LogP contribution in [-0.4, -0.2) is 13.1 Å². The van der Waals surface area contributed by atoms with Crippen molar-refractivity contribution in [2.24, 2.45) is 0 Å². The molecule has 0 fully saturated rings. The predicted octanol–water partition coefficient (Wildman–Crippen LogP) is 3.83. The second-order valence-corrected chi connectivity index (χ2v) is 4.28. The summed E-state index contributed by atoms with van der Waals surface area (Å²) in [5, 5.41) is 4.17. The maximum absolute atomic E-state index is 5.82. The number of allylic oxidation sites excluding steroid dienone is 1. The summed E-state index contributed by atoms with van der Waals surface area (Å²) in [4.78, 5) is 0. The molecule has 0 radical (unpaired) electrons. The van der Waals surface area contributed by atoms with Gasteiger partial charge in [0, 0.05) is 5.02 Å². The average Bonchev–Trinajstić information content (AvgIpc) is 2.30. The van der Waals surface area contributed by atoms with Crippen LogP contribution in [0.1, 0.15) is 25.3 Å². The minimum atomic E-state index is 0.802. The van der Waals surface area contributed by atoms with Gasteiger partial charge in [0.05, 0.1) is 0 Å². The van der Waals surface area contributed by atoms with Gasteiger partial charge in [0.15, 0.2) is 0 Å². The first kappa shape index (κ1) is 13.3. The molecule has 0 aliphatic heterocycles. The van der Waals surface area contributed by atoms with Gasteiger partial charge in [0.2, 0.25) is 0 Å². The van der Waals surface area contributed by atoms with Gasteiger partial charge >= 0.3 is 0 Å². The zero-order valence-electron chi connectivity index (χ0n) is 9.88. The molecule has 88 valence electrons. The van der Waals surface area contributed by atoms with Crippen LogP contribution in [0, 0.1) is 0 Å². The van der Waals surface area contributed by atoms with E-state index in [4.69, 9.17) is 11.6 Å². The molecule has 0 saturated heterocycles. The summed E-state index contributed by atoms with van der Waals surface area (Å²) in [6.07, 6.45) is 7.75. The SMILES string of the molecule is CCCNCCC=CCc1ccc(Cl)cc1. The molecule has 0 aliphatic carbocycles. The summed E-state index contributed by atoms with van der Waals surface area (Å²) in [5.41, 5.74) is 1.31. The number of hydrogen-bond donors (Lipinski definition) is 1. The lowest BCUT2D eigenvalue weighted by Gasteiger charge is -1.99.